The minimum Gasteiger partial charge on any atom is -0.390 e. The predicted molar refractivity (Wildman–Crippen MR) is 66.8 cm³/mol. The summed E-state index contributed by atoms with van der Waals surface area (Å²) in [6, 6.07) is 0. The topological polar surface area (TPSA) is 52.5 Å². The van der Waals surface area contributed by atoms with Gasteiger partial charge < -0.3 is 14.9 Å². The summed E-state index contributed by atoms with van der Waals surface area (Å²) < 4.78 is 0. The molecule has 1 saturated heterocycles. The van der Waals surface area contributed by atoms with Crippen LogP contribution in [0.15, 0.2) is 12.4 Å². The average molecular weight is 236 g/mol. The molecule has 0 aromatic carbocycles. The maximum atomic E-state index is 9.04. The number of rotatable bonds is 4. The van der Waals surface area contributed by atoms with Crippen molar-refractivity contribution in [2.45, 2.75) is 13.0 Å². The van der Waals surface area contributed by atoms with E-state index in [0.29, 0.717) is 11.6 Å². The van der Waals surface area contributed by atoms with Gasteiger partial charge in [-0.25, -0.2) is 4.98 Å². The van der Waals surface area contributed by atoms with Crippen LogP contribution in [0.25, 0.3) is 0 Å². The molecule has 1 N–H and O–H groups in total. The molecule has 1 aliphatic rings. The van der Waals surface area contributed by atoms with Crippen LogP contribution in [0.2, 0.25) is 0 Å². The Labute approximate surface area is 102 Å². The summed E-state index contributed by atoms with van der Waals surface area (Å²) in [5, 5.41) is 9.04. The Morgan fingerprint density at radius 1 is 1.53 bits per heavy atom. The molecule has 0 amide bonds. The molecule has 1 aromatic rings. The molecule has 0 saturated carbocycles. The third-order valence-corrected chi connectivity index (χ3v) is 3.25. The van der Waals surface area contributed by atoms with Gasteiger partial charge >= 0.3 is 0 Å². The van der Waals surface area contributed by atoms with E-state index >= 15 is 0 Å². The number of aliphatic hydroxyl groups is 1. The summed E-state index contributed by atoms with van der Waals surface area (Å²) in [5.74, 6) is 1.54. The average Bonchev–Trinajstić information content (AvgIpc) is 2.75. The first-order valence-corrected chi connectivity index (χ1v) is 6.00. The van der Waals surface area contributed by atoms with Crippen LogP contribution < -0.4 is 4.90 Å². The van der Waals surface area contributed by atoms with Crippen molar-refractivity contribution in [3.8, 4) is 0 Å². The van der Waals surface area contributed by atoms with Gasteiger partial charge in [0.05, 0.1) is 24.7 Å². The van der Waals surface area contributed by atoms with Crippen molar-refractivity contribution in [3.05, 3.63) is 18.1 Å². The molecule has 0 radical (unpaired) electrons. The molecule has 94 valence electrons. The van der Waals surface area contributed by atoms with E-state index in [9.17, 15) is 0 Å². The van der Waals surface area contributed by atoms with Crippen molar-refractivity contribution in [2.24, 2.45) is 5.92 Å². The molecule has 0 spiro atoms. The Hall–Kier alpha value is -1.20. The Kier molecular flexibility index (Phi) is 3.91. The van der Waals surface area contributed by atoms with Gasteiger partial charge in [-0.1, -0.05) is 0 Å². The van der Waals surface area contributed by atoms with Gasteiger partial charge in [-0.3, -0.25) is 4.98 Å². The SMILES string of the molecule is CN1CCC(CN(C)c2cncc(CO)n2)C1. The van der Waals surface area contributed by atoms with Crippen molar-refractivity contribution in [1.29, 1.82) is 0 Å². The minimum absolute atomic E-state index is 0.0547. The zero-order valence-electron chi connectivity index (χ0n) is 10.5. The Morgan fingerprint density at radius 2 is 2.35 bits per heavy atom. The summed E-state index contributed by atoms with van der Waals surface area (Å²) in [4.78, 5) is 12.9. The summed E-state index contributed by atoms with van der Waals surface area (Å²) in [6.07, 6.45) is 4.59. The first-order chi connectivity index (χ1) is 8.19. The van der Waals surface area contributed by atoms with Gasteiger partial charge in [-0.15, -0.1) is 0 Å². The van der Waals surface area contributed by atoms with Gasteiger partial charge in [0.15, 0.2) is 0 Å². The lowest BCUT2D eigenvalue weighted by Crippen LogP contribution is -2.28. The lowest BCUT2D eigenvalue weighted by Gasteiger charge is -2.22. The molecule has 1 aromatic heterocycles. The van der Waals surface area contributed by atoms with Gasteiger partial charge in [0.1, 0.15) is 5.82 Å². The highest BCUT2D eigenvalue weighted by Crippen LogP contribution is 2.17. The maximum absolute atomic E-state index is 9.04. The summed E-state index contributed by atoms with van der Waals surface area (Å²) >= 11 is 0. The van der Waals surface area contributed by atoms with Gasteiger partial charge in [0.25, 0.3) is 0 Å². The van der Waals surface area contributed by atoms with Crippen molar-refractivity contribution in [1.82, 2.24) is 14.9 Å². The fourth-order valence-corrected chi connectivity index (χ4v) is 2.31. The number of aliphatic hydroxyl groups excluding tert-OH is 1. The maximum Gasteiger partial charge on any atom is 0.147 e. The molecule has 0 bridgehead atoms. The third-order valence-electron chi connectivity index (χ3n) is 3.25. The quantitative estimate of drug-likeness (QED) is 0.818. The van der Waals surface area contributed by atoms with Crippen LogP contribution in [-0.4, -0.2) is 53.7 Å². The van der Waals surface area contributed by atoms with Crippen LogP contribution in [0.1, 0.15) is 12.1 Å². The van der Waals surface area contributed by atoms with Gasteiger partial charge in [-0.05, 0) is 25.9 Å². The first-order valence-electron chi connectivity index (χ1n) is 6.00. The smallest absolute Gasteiger partial charge is 0.147 e. The van der Waals surface area contributed by atoms with Crippen LogP contribution in [0.4, 0.5) is 5.82 Å². The summed E-state index contributed by atoms with van der Waals surface area (Å²) in [6.45, 7) is 3.27. The molecule has 17 heavy (non-hydrogen) atoms. The second kappa shape index (κ2) is 5.42. The fourth-order valence-electron chi connectivity index (χ4n) is 2.31. The van der Waals surface area contributed by atoms with E-state index < -0.39 is 0 Å². The molecule has 2 heterocycles. The van der Waals surface area contributed by atoms with Crippen LogP contribution in [0.5, 0.6) is 0 Å². The Balaban J connectivity index is 1.96. The van der Waals surface area contributed by atoms with Crippen LogP contribution in [0.3, 0.4) is 0 Å². The van der Waals surface area contributed by atoms with Crippen LogP contribution in [0, 0.1) is 5.92 Å². The third kappa shape index (κ3) is 3.14. The minimum atomic E-state index is -0.0547. The molecular weight excluding hydrogens is 216 g/mol. The van der Waals surface area contributed by atoms with Crippen molar-refractivity contribution in [2.75, 3.05) is 38.6 Å². The summed E-state index contributed by atoms with van der Waals surface area (Å²) in [7, 11) is 4.19. The number of aromatic nitrogens is 2. The molecule has 2 rings (SSSR count). The summed E-state index contributed by atoms with van der Waals surface area (Å²) in [5.41, 5.74) is 0.623. The molecule has 1 atom stereocenters. The highest BCUT2D eigenvalue weighted by atomic mass is 16.3. The predicted octanol–water partition coefficient (Wildman–Crippen LogP) is 0.357. The highest BCUT2D eigenvalue weighted by Gasteiger charge is 2.21. The van der Waals surface area contributed by atoms with Crippen molar-refractivity contribution >= 4 is 5.82 Å². The zero-order valence-corrected chi connectivity index (χ0v) is 10.5. The number of nitrogens with zero attached hydrogens (tertiary/aromatic N) is 4. The van der Waals surface area contributed by atoms with Crippen LogP contribution >= 0.6 is 0 Å². The zero-order chi connectivity index (χ0) is 12.3. The normalized spacial score (nSPS) is 20.8. The highest BCUT2D eigenvalue weighted by molar-refractivity contribution is 5.35. The lowest BCUT2D eigenvalue weighted by molar-refractivity contribution is 0.276. The second-order valence-electron chi connectivity index (χ2n) is 4.82. The second-order valence-corrected chi connectivity index (χ2v) is 4.82. The molecule has 0 aliphatic carbocycles. The van der Waals surface area contributed by atoms with E-state index in [-0.39, 0.29) is 6.61 Å². The molecule has 5 heteroatoms. The van der Waals surface area contributed by atoms with Gasteiger partial charge in [0.2, 0.25) is 0 Å². The van der Waals surface area contributed by atoms with Crippen molar-refractivity contribution < 1.29 is 5.11 Å². The molecule has 1 aliphatic heterocycles. The molecule has 1 unspecified atom stereocenters. The number of likely N-dealkylation sites (tertiary alicyclic amines) is 1. The Bertz CT molecular complexity index is 371. The van der Waals surface area contributed by atoms with E-state index in [0.717, 1.165) is 18.9 Å². The van der Waals surface area contributed by atoms with E-state index in [1.54, 1.807) is 12.4 Å². The number of hydrogen-bond acceptors (Lipinski definition) is 5. The van der Waals surface area contributed by atoms with E-state index in [1.807, 2.05) is 7.05 Å². The van der Waals surface area contributed by atoms with Crippen molar-refractivity contribution in [3.63, 3.8) is 0 Å². The fraction of sp³-hybridized carbons (Fsp3) is 0.667. The monoisotopic (exact) mass is 236 g/mol. The van der Waals surface area contributed by atoms with E-state index in [4.69, 9.17) is 5.11 Å². The number of anilines is 1. The number of hydrogen-bond donors (Lipinski definition) is 1. The van der Waals surface area contributed by atoms with E-state index in [2.05, 4.69) is 26.8 Å². The van der Waals surface area contributed by atoms with E-state index in [1.165, 1.54) is 13.0 Å². The first kappa shape index (κ1) is 12.3. The van der Waals surface area contributed by atoms with Crippen LogP contribution in [-0.2, 0) is 6.61 Å². The Morgan fingerprint density at radius 3 is 3.00 bits per heavy atom. The largest absolute Gasteiger partial charge is 0.390 e. The van der Waals surface area contributed by atoms with Gasteiger partial charge in [-0.2, -0.15) is 0 Å². The molecule has 5 nitrogen and oxygen atoms in total. The molecular formula is C12H20N4O. The molecule has 1 fully saturated rings. The van der Waals surface area contributed by atoms with Gasteiger partial charge in [0, 0.05) is 20.1 Å². The standard InChI is InChI=1S/C12H20N4O/c1-15-4-3-10(7-15)8-16(2)12-6-13-5-11(9-17)14-12/h5-6,10,17H,3-4,7-9H2,1-2H3. The lowest BCUT2D eigenvalue weighted by atomic mass is 10.1.